The molecule has 0 aliphatic carbocycles. The minimum atomic E-state index is -0.936. The van der Waals surface area contributed by atoms with Gasteiger partial charge in [-0.05, 0) is 6.07 Å². The summed E-state index contributed by atoms with van der Waals surface area (Å²) in [5.41, 5.74) is 0.942. The number of imide groups is 1. The fraction of sp³-hybridized carbons (Fsp3) is 0.250. The van der Waals surface area contributed by atoms with Crippen LogP contribution in [-0.2, 0) is 14.3 Å². The number of nitrogens with zero attached hydrogens (tertiary/aromatic N) is 1. The standard InChI is InChI=1S/C12H11NO4/c1-7(14)13-11(16)9-5-3-4-6-10(9)12(13)17-8(2)15/h3-6,12H,1-2H3/t12-/m1/s1. The molecule has 0 radical (unpaired) electrons. The first-order valence-electron chi connectivity index (χ1n) is 5.12. The summed E-state index contributed by atoms with van der Waals surface area (Å²) >= 11 is 0. The normalized spacial score (nSPS) is 17.9. The van der Waals surface area contributed by atoms with Gasteiger partial charge in [-0.3, -0.25) is 14.4 Å². The van der Waals surface area contributed by atoms with Crippen molar-refractivity contribution < 1.29 is 19.1 Å². The summed E-state index contributed by atoms with van der Waals surface area (Å²) < 4.78 is 5.03. The van der Waals surface area contributed by atoms with E-state index in [1.165, 1.54) is 13.8 Å². The van der Waals surface area contributed by atoms with Crippen LogP contribution in [-0.4, -0.2) is 22.7 Å². The van der Waals surface area contributed by atoms with E-state index in [2.05, 4.69) is 0 Å². The van der Waals surface area contributed by atoms with Gasteiger partial charge in [-0.25, -0.2) is 4.90 Å². The van der Waals surface area contributed by atoms with Crippen molar-refractivity contribution in [3.8, 4) is 0 Å². The molecule has 0 saturated carbocycles. The summed E-state index contributed by atoms with van der Waals surface area (Å²) in [6, 6.07) is 6.71. The summed E-state index contributed by atoms with van der Waals surface area (Å²) in [7, 11) is 0. The van der Waals surface area contributed by atoms with Gasteiger partial charge in [0.25, 0.3) is 5.91 Å². The summed E-state index contributed by atoms with van der Waals surface area (Å²) in [5.74, 6) is -1.41. The van der Waals surface area contributed by atoms with Crippen molar-refractivity contribution in [1.29, 1.82) is 0 Å². The number of hydrogen-bond acceptors (Lipinski definition) is 4. The van der Waals surface area contributed by atoms with Crippen LogP contribution in [0.1, 0.15) is 36.0 Å². The molecule has 88 valence electrons. The van der Waals surface area contributed by atoms with Crippen LogP contribution >= 0.6 is 0 Å². The van der Waals surface area contributed by atoms with Crippen molar-refractivity contribution in [1.82, 2.24) is 4.90 Å². The number of carbonyl (C=O) groups excluding carboxylic acids is 3. The van der Waals surface area contributed by atoms with Crippen molar-refractivity contribution >= 4 is 17.8 Å². The van der Waals surface area contributed by atoms with E-state index in [1.54, 1.807) is 24.3 Å². The zero-order valence-corrected chi connectivity index (χ0v) is 9.47. The largest absolute Gasteiger partial charge is 0.437 e. The first kappa shape index (κ1) is 11.3. The molecule has 0 bridgehead atoms. The highest BCUT2D eigenvalue weighted by atomic mass is 16.6. The topological polar surface area (TPSA) is 63.7 Å². The number of benzene rings is 1. The minimum absolute atomic E-state index is 0.397. The smallest absolute Gasteiger partial charge is 0.304 e. The van der Waals surface area contributed by atoms with Gasteiger partial charge in [0.05, 0.1) is 0 Å². The lowest BCUT2D eigenvalue weighted by molar-refractivity contribution is -0.157. The van der Waals surface area contributed by atoms with Crippen LogP contribution in [0.4, 0.5) is 0 Å². The third-order valence-corrected chi connectivity index (χ3v) is 2.53. The number of rotatable bonds is 1. The summed E-state index contributed by atoms with van der Waals surface area (Å²) in [4.78, 5) is 35.3. The molecule has 5 nitrogen and oxygen atoms in total. The van der Waals surface area contributed by atoms with Crippen LogP contribution in [0.2, 0.25) is 0 Å². The number of amides is 2. The molecule has 1 aromatic rings. The molecule has 2 rings (SSSR count). The predicted octanol–water partition coefficient (Wildman–Crippen LogP) is 1.25. The quantitative estimate of drug-likeness (QED) is 0.685. The second kappa shape index (κ2) is 4.01. The summed E-state index contributed by atoms with van der Waals surface area (Å²) in [5, 5.41) is 0. The molecule has 2 amide bonds. The molecular weight excluding hydrogens is 222 g/mol. The van der Waals surface area contributed by atoms with Gasteiger partial charge in [0.2, 0.25) is 12.1 Å². The molecule has 0 unspecified atom stereocenters. The van der Waals surface area contributed by atoms with Crippen LogP contribution in [0.15, 0.2) is 24.3 Å². The zero-order valence-electron chi connectivity index (χ0n) is 9.47. The maximum atomic E-state index is 11.9. The maximum Gasteiger partial charge on any atom is 0.304 e. The van der Waals surface area contributed by atoms with E-state index in [9.17, 15) is 14.4 Å². The zero-order chi connectivity index (χ0) is 12.6. The van der Waals surface area contributed by atoms with Gasteiger partial charge in [-0.15, -0.1) is 0 Å². The van der Waals surface area contributed by atoms with Gasteiger partial charge in [0, 0.05) is 25.0 Å². The Labute approximate surface area is 98.0 Å². The van der Waals surface area contributed by atoms with Crippen LogP contribution in [0.3, 0.4) is 0 Å². The maximum absolute atomic E-state index is 11.9. The number of hydrogen-bond donors (Lipinski definition) is 0. The minimum Gasteiger partial charge on any atom is -0.437 e. The lowest BCUT2D eigenvalue weighted by atomic mass is 10.1. The van der Waals surface area contributed by atoms with Gasteiger partial charge < -0.3 is 4.74 Å². The molecule has 1 aromatic carbocycles. The fourth-order valence-electron chi connectivity index (χ4n) is 1.86. The lowest BCUT2D eigenvalue weighted by Crippen LogP contribution is -2.34. The van der Waals surface area contributed by atoms with Crippen molar-refractivity contribution in [3.05, 3.63) is 35.4 Å². The van der Waals surface area contributed by atoms with E-state index in [1.807, 2.05) is 0 Å². The van der Waals surface area contributed by atoms with Crippen LogP contribution in [0, 0.1) is 0 Å². The molecule has 5 heteroatoms. The number of esters is 1. The number of fused-ring (bicyclic) bond motifs is 1. The Morgan fingerprint density at radius 2 is 1.88 bits per heavy atom. The first-order valence-corrected chi connectivity index (χ1v) is 5.12. The van der Waals surface area contributed by atoms with E-state index in [4.69, 9.17) is 4.74 Å². The van der Waals surface area contributed by atoms with Gasteiger partial charge >= 0.3 is 5.97 Å². The highest BCUT2D eigenvalue weighted by Gasteiger charge is 2.40. The predicted molar refractivity (Wildman–Crippen MR) is 57.8 cm³/mol. The second-order valence-corrected chi connectivity index (χ2v) is 3.74. The molecule has 0 saturated heterocycles. The van der Waals surface area contributed by atoms with Gasteiger partial charge in [0.15, 0.2) is 0 Å². The Balaban J connectivity index is 2.49. The summed E-state index contributed by atoms with van der Waals surface area (Å²) in [6.45, 7) is 2.50. The van der Waals surface area contributed by atoms with Crippen LogP contribution < -0.4 is 0 Å². The average Bonchev–Trinajstić information content (AvgIpc) is 2.52. The Hall–Kier alpha value is -2.17. The Morgan fingerprint density at radius 1 is 1.24 bits per heavy atom. The molecule has 1 heterocycles. The molecule has 0 fully saturated rings. The molecule has 1 aliphatic rings. The molecule has 17 heavy (non-hydrogen) atoms. The van der Waals surface area contributed by atoms with Crippen molar-refractivity contribution in [3.63, 3.8) is 0 Å². The van der Waals surface area contributed by atoms with Crippen LogP contribution in [0.5, 0.6) is 0 Å². The highest BCUT2D eigenvalue weighted by molar-refractivity contribution is 6.08. The molecule has 0 aromatic heterocycles. The monoisotopic (exact) mass is 233 g/mol. The van der Waals surface area contributed by atoms with Gasteiger partial charge in [-0.2, -0.15) is 0 Å². The van der Waals surface area contributed by atoms with Gasteiger partial charge in [0.1, 0.15) is 0 Å². The Bertz CT molecular complexity index is 509. The SMILES string of the molecule is CC(=O)O[C@@H]1c2ccccc2C(=O)N1C(C)=O. The number of carbonyl (C=O) groups is 3. The average molecular weight is 233 g/mol. The van der Waals surface area contributed by atoms with E-state index in [-0.39, 0.29) is 0 Å². The van der Waals surface area contributed by atoms with E-state index >= 15 is 0 Å². The lowest BCUT2D eigenvalue weighted by Gasteiger charge is -2.21. The van der Waals surface area contributed by atoms with Crippen LogP contribution in [0.25, 0.3) is 0 Å². The molecule has 0 N–H and O–H groups in total. The highest BCUT2D eigenvalue weighted by Crippen LogP contribution is 2.34. The second-order valence-electron chi connectivity index (χ2n) is 3.74. The first-order chi connectivity index (χ1) is 8.02. The van der Waals surface area contributed by atoms with Crippen molar-refractivity contribution in [2.75, 3.05) is 0 Å². The Morgan fingerprint density at radius 3 is 2.47 bits per heavy atom. The van der Waals surface area contributed by atoms with Crippen molar-refractivity contribution in [2.24, 2.45) is 0 Å². The fourth-order valence-corrected chi connectivity index (χ4v) is 1.86. The van der Waals surface area contributed by atoms with E-state index < -0.39 is 24.0 Å². The number of ether oxygens (including phenoxy) is 1. The third kappa shape index (κ3) is 1.80. The molecule has 0 spiro atoms. The molecule has 1 atom stereocenters. The third-order valence-electron chi connectivity index (χ3n) is 2.53. The summed E-state index contributed by atoms with van der Waals surface area (Å²) in [6.07, 6.45) is -0.936. The Kier molecular flexibility index (Phi) is 2.67. The molecular formula is C12H11NO4. The van der Waals surface area contributed by atoms with E-state index in [0.717, 1.165) is 4.90 Å². The molecule has 1 aliphatic heterocycles. The van der Waals surface area contributed by atoms with Gasteiger partial charge in [-0.1, -0.05) is 18.2 Å². The van der Waals surface area contributed by atoms with Crippen molar-refractivity contribution in [2.45, 2.75) is 20.1 Å². The van der Waals surface area contributed by atoms with E-state index in [0.29, 0.717) is 11.1 Å².